The highest BCUT2D eigenvalue weighted by atomic mass is 19.4. The summed E-state index contributed by atoms with van der Waals surface area (Å²) in [6, 6.07) is 11.2. The van der Waals surface area contributed by atoms with E-state index in [4.69, 9.17) is 14.5 Å². The van der Waals surface area contributed by atoms with Gasteiger partial charge in [0.15, 0.2) is 11.3 Å². The zero-order valence-electron chi connectivity index (χ0n) is 20.1. The summed E-state index contributed by atoms with van der Waals surface area (Å²) < 4.78 is 52.4. The predicted molar refractivity (Wildman–Crippen MR) is 131 cm³/mol. The van der Waals surface area contributed by atoms with Gasteiger partial charge in [0, 0.05) is 18.2 Å². The molecule has 0 fully saturated rings. The summed E-state index contributed by atoms with van der Waals surface area (Å²) in [6.07, 6.45) is -4.79. The number of nitriles is 1. The number of aromatic carboxylic acids is 1. The van der Waals surface area contributed by atoms with Crippen molar-refractivity contribution >= 4 is 40.1 Å². The number of nitrogens with one attached hydrogen (secondary N) is 2. The second-order valence-corrected chi connectivity index (χ2v) is 8.15. The number of fused-ring (bicyclic) bond motifs is 1. The molecule has 0 aliphatic rings. The first-order valence-electron chi connectivity index (χ1n) is 11.0. The number of nitrogens with zero attached hydrogens (tertiary/aromatic N) is 2. The monoisotopic (exact) mass is 538 g/mol. The molecule has 10 nitrogen and oxygen atoms in total. The lowest BCUT2D eigenvalue weighted by Crippen LogP contribution is -2.15. The molecule has 0 saturated carbocycles. The molecule has 3 N–H and O–H groups in total. The lowest BCUT2D eigenvalue weighted by molar-refractivity contribution is -0.137. The summed E-state index contributed by atoms with van der Waals surface area (Å²) in [7, 11) is 1.23. The molecule has 0 atom stereocenters. The van der Waals surface area contributed by atoms with Crippen molar-refractivity contribution in [2.75, 3.05) is 17.7 Å². The van der Waals surface area contributed by atoms with E-state index in [1.54, 1.807) is 6.07 Å². The Balaban J connectivity index is 1.78. The molecule has 39 heavy (non-hydrogen) atoms. The molecule has 198 valence electrons. The highest BCUT2D eigenvalue weighted by molar-refractivity contribution is 6.13. The molecule has 13 heteroatoms. The van der Waals surface area contributed by atoms with E-state index in [9.17, 15) is 32.7 Å². The molecule has 0 radical (unpaired) electrons. The fourth-order valence-electron chi connectivity index (χ4n) is 3.88. The number of amides is 2. The van der Waals surface area contributed by atoms with Crippen LogP contribution in [0.1, 0.15) is 38.9 Å². The minimum Gasteiger partial charge on any atom is -0.496 e. The van der Waals surface area contributed by atoms with Crippen LogP contribution in [0.15, 0.2) is 53.1 Å². The van der Waals surface area contributed by atoms with Crippen LogP contribution in [-0.4, -0.2) is 35.2 Å². The average molecular weight is 538 g/mol. The summed E-state index contributed by atoms with van der Waals surface area (Å²) in [6.45, 7) is 1.17. The Morgan fingerprint density at radius 2 is 1.79 bits per heavy atom. The smallest absolute Gasteiger partial charge is 0.417 e. The van der Waals surface area contributed by atoms with Crippen LogP contribution in [0.4, 0.5) is 24.5 Å². The Hall–Kier alpha value is -5.38. The van der Waals surface area contributed by atoms with E-state index in [2.05, 4.69) is 15.8 Å². The maximum Gasteiger partial charge on any atom is 0.417 e. The largest absolute Gasteiger partial charge is 0.496 e. The standard InChI is InChI=1S/C26H17F3N4O6/c1-12(34)31-14-4-5-15(19(8-14)26(27,28)29)16-9-22-18(10-21(16)38-2)23(33-39-22)24(35)32-20-6-3-13(11-30)7-17(20)25(36)37/h3-10H,1-2H3,(H,31,34)(H,32,35)(H,36,37). The minimum atomic E-state index is -4.79. The summed E-state index contributed by atoms with van der Waals surface area (Å²) in [4.78, 5) is 35.9. The first-order chi connectivity index (χ1) is 18.4. The molecule has 0 bridgehead atoms. The first kappa shape index (κ1) is 26.7. The number of carbonyl (C=O) groups is 3. The minimum absolute atomic E-state index is 0.0185. The van der Waals surface area contributed by atoms with Gasteiger partial charge in [-0.1, -0.05) is 11.2 Å². The van der Waals surface area contributed by atoms with Crippen LogP contribution in [0.5, 0.6) is 5.75 Å². The fraction of sp³-hybridized carbons (Fsp3) is 0.115. The van der Waals surface area contributed by atoms with Crippen molar-refractivity contribution in [3.05, 3.63) is 70.9 Å². The second kappa shape index (κ2) is 10.2. The van der Waals surface area contributed by atoms with E-state index >= 15 is 0 Å². The van der Waals surface area contributed by atoms with Crippen LogP contribution in [0.3, 0.4) is 0 Å². The van der Waals surface area contributed by atoms with Gasteiger partial charge in [-0.05, 0) is 48.0 Å². The number of halogens is 3. The average Bonchev–Trinajstić information content (AvgIpc) is 3.30. The molecule has 0 aliphatic heterocycles. The van der Waals surface area contributed by atoms with E-state index in [1.165, 1.54) is 50.4 Å². The van der Waals surface area contributed by atoms with E-state index in [-0.39, 0.29) is 56.0 Å². The number of carboxylic acids is 1. The molecular formula is C26H17F3N4O6. The number of alkyl halides is 3. The Kier molecular flexibility index (Phi) is 6.96. The molecule has 1 aromatic heterocycles. The molecule has 1 heterocycles. The number of carboxylic acid groups (broad SMARTS) is 1. The molecule has 3 aromatic carbocycles. The van der Waals surface area contributed by atoms with Gasteiger partial charge >= 0.3 is 12.1 Å². The normalized spacial score (nSPS) is 11.1. The Bertz CT molecular complexity index is 1690. The highest BCUT2D eigenvalue weighted by Crippen LogP contribution is 2.43. The number of hydrogen-bond acceptors (Lipinski definition) is 7. The van der Waals surface area contributed by atoms with Crippen molar-refractivity contribution in [2.24, 2.45) is 0 Å². The lowest BCUT2D eigenvalue weighted by Gasteiger charge is -2.17. The summed E-state index contributed by atoms with van der Waals surface area (Å²) >= 11 is 0. The molecule has 0 spiro atoms. The zero-order chi connectivity index (χ0) is 28.5. The van der Waals surface area contributed by atoms with Crippen molar-refractivity contribution in [3.63, 3.8) is 0 Å². The van der Waals surface area contributed by atoms with Crippen molar-refractivity contribution in [1.29, 1.82) is 5.26 Å². The SMILES string of the molecule is COc1cc2c(C(=O)Nc3ccc(C#N)cc3C(=O)O)noc2cc1-c1ccc(NC(C)=O)cc1C(F)(F)F. The summed E-state index contributed by atoms with van der Waals surface area (Å²) in [5.74, 6) is -2.84. The maximum atomic E-state index is 14.0. The molecule has 4 rings (SSSR count). The number of rotatable bonds is 6. The van der Waals surface area contributed by atoms with Crippen molar-refractivity contribution in [3.8, 4) is 22.9 Å². The zero-order valence-corrected chi connectivity index (χ0v) is 20.1. The summed E-state index contributed by atoms with van der Waals surface area (Å²) in [5.41, 5.74) is -2.11. The van der Waals surface area contributed by atoms with E-state index < -0.39 is 29.5 Å². The molecule has 4 aromatic rings. The van der Waals surface area contributed by atoms with Gasteiger partial charge in [-0.2, -0.15) is 18.4 Å². The van der Waals surface area contributed by atoms with Crippen LogP contribution in [0, 0.1) is 11.3 Å². The Labute approximate surface area is 217 Å². The highest BCUT2D eigenvalue weighted by Gasteiger charge is 2.35. The van der Waals surface area contributed by atoms with Crippen LogP contribution in [0.25, 0.3) is 22.1 Å². The topological polar surface area (TPSA) is 155 Å². The predicted octanol–water partition coefficient (Wildman–Crippen LogP) is 5.30. The molecular weight excluding hydrogens is 521 g/mol. The summed E-state index contributed by atoms with van der Waals surface area (Å²) in [5, 5.41) is 26.9. The van der Waals surface area contributed by atoms with E-state index in [1.807, 2.05) is 0 Å². The second-order valence-electron chi connectivity index (χ2n) is 8.15. The van der Waals surface area contributed by atoms with Gasteiger partial charge in [0.05, 0.1) is 40.9 Å². The third kappa shape index (κ3) is 5.35. The number of carbonyl (C=O) groups excluding carboxylic acids is 2. The van der Waals surface area contributed by atoms with E-state index in [0.717, 1.165) is 12.1 Å². The molecule has 0 saturated heterocycles. The number of anilines is 2. The van der Waals surface area contributed by atoms with Gasteiger partial charge in [-0.25, -0.2) is 4.79 Å². The van der Waals surface area contributed by atoms with Crippen LogP contribution < -0.4 is 15.4 Å². The maximum absolute atomic E-state index is 14.0. The number of benzene rings is 3. The number of aromatic nitrogens is 1. The van der Waals surface area contributed by atoms with Gasteiger partial charge in [0.1, 0.15) is 5.75 Å². The first-order valence-corrected chi connectivity index (χ1v) is 11.0. The third-order valence-electron chi connectivity index (χ3n) is 5.57. The van der Waals surface area contributed by atoms with Gasteiger partial charge < -0.3 is 25.0 Å². The lowest BCUT2D eigenvalue weighted by atomic mass is 9.96. The van der Waals surface area contributed by atoms with Gasteiger partial charge in [0.2, 0.25) is 5.91 Å². The van der Waals surface area contributed by atoms with E-state index in [0.29, 0.717) is 0 Å². The number of hydrogen-bond donors (Lipinski definition) is 3. The number of methoxy groups -OCH3 is 1. The van der Waals surface area contributed by atoms with Crippen LogP contribution in [0.2, 0.25) is 0 Å². The third-order valence-corrected chi connectivity index (χ3v) is 5.57. The fourth-order valence-corrected chi connectivity index (χ4v) is 3.88. The molecule has 2 amide bonds. The van der Waals surface area contributed by atoms with Gasteiger partial charge in [0.25, 0.3) is 5.91 Å². The van der Waals surface area contributed by atoms with Gasteiger partial charge in [-0.3, -0.25) is 9.59 Å². The quantitative estimate of drug-likeness (QED) is 0.299. The Morgan fingerprint density at radius 3 is 2.41 bits per heavy atom. The van der Waals surface area contributed by atoms with Crippen molar-refractivity contribution in [2.45, 2.75) is 13.1 Å². The molecule has 0 aliphatic carbocycles. The number of ether oxygens (including phenoxy) is 1. The molecule has 0 unspecified atom stereocenters. The van der Waals surface area contributed by atoms with Crippen molar-refractivity contribution in [1.82, 2.24) is 5.16 Å². The van der Waals surface area contributed by atoms with Crippen LogP contribution >= 0.6 is 0 Å². The van der Waals surface area contributed by atoms with Gasteiger partial charge in [-0.15, -0.1) is 0 Å². The van der Waals surface area contributed by atoms with Crippen molar-refractivity contribution < 1.29 is 41.9 Å². The van der Waals surface area contributed by atoms with Crippen LogP contribution in [-0.2, 0) is 11.0 Å². The Morgan fingerprint density at radius 1 is 1.05 bits per heavy atom.